The van der Waals surface area contributed by atoms with E-state index >= 15 is 0 Å². The number of anilines is 1. The van der Waals surface area contributed by atoms with E-state index in [0.717, 1.165) is 51.5 Å². The molecule has 1 heterocycles. The maximum absolute atomic E-state index is 12.9. The van der Waals surface area contributed by atoms with E-state index in [9.17, 15) is 4.39 Å². The molecule has 0 amide bonds. The number of benzene rings is 1. The number of halogens is 1. The molecular weight excluding hydrogens is 253 g/mol. The number of rotatable bonds is 6. The Balaban J connectivity index is 1.68. The van der Waals surface area contributed by atoms with Crippen LogP contribution in [-0.4, -0.2) is 50.7 Å². The largest absolute Gasteiger partial charge is 0.369 e. The number of nitrogens with one attached hydrogen (secondary N) is 1. The van der Waals surface area contributed by atoms with E-state index in [4.69, 9.17) is 0 Å². The molecule has 1 fully saturated rings. The second-order valence-electron chi connectivity index (χ2n) is 5.90. The van der Waals surface area contributed by atoms with Gasteiger partial charge in [0.2, 0.25) is 0 Å². The van der Waals surface area contributed by atoms with Crippen molar-refractivity contribution in [3.05, 3.63) is 30.1 Å². The number of piperazine rings is 1. The summed E-state index contributed by atoms with van der Waals surface area (Å²) in [6.45, 7) is 11.9. The normalized spacial score (nSPS) is 16.9. The van der Waals surface area contributed by atoms with Crippen LogP contribution in [0.15, 0.2) is 24.3 Å². The third kappa shape index (κ3) is 4.76. The Bertz CT molecular complexity index is 383. The summed E-state index contributed by atoms with van der Waals surface area (Å²) in [6.07, 6.45) is 0. The zero-order chi connectivity index (χ0) is 14.4. The molecule has 1 aliphatic heterocycles. The van der Waals surface area contributed by atoms with Crippen LogP contribution < -0.4 is 10.2 Å². The molecule has 1 saturated heterocycles. The van der Waals surface area contributed by atoms with Gasteiger partial charge in [-0.3, -0.25) is 4.90 Å². The highest BCUT2D eigenvalue weighted by Crippen LogP contribution is 2.16. The second kappa shape index (κ2) is 7.60. The molecule has 0 aromatic heterocycles. The SMILES string of the molecule is CC(C)CNCCN1CCN(c2ccc(F)cc2)CC1. The number of hydrogen-bond donors (Lipinski definition) is 1. The summed E-state index contributed by atoms with van der Waals surface area (Å²) in [4.78, 5) is 4.82. The first-order valence-electron chi connectivity index (χ1n) is 7.59. The van der Waals surface area contributed by atoms with Gasteiger partial charge in [0.05, 0.1) is 0 Å². The zero-order valence-corrected chi connectivity index (χ0v) is 12.6. The van der Waals surface area contributed by atoms with E-state index in [1.54, 1.807) is 0 Å². The van der Waals surface area contributed by atoms with Crippen molar-refractivity contribution in [3.63, 3.8) is 0 Å². The van der Waals surface area contributed by atoms with E-state index in [0.29, 0.717) is 5.92 Å². The minimum Gasteiger partial charge on any atom is -0.369 e. The lowest BCUT2D eigenvalue weighted by Crippen LogP contribution is -2.48. The molecule has 1 N–H and O–H groups in total. The van der Waals surface area contributed by atoms with Gasteiger partial charge in [0, 0.05) is 45.0 Å². The topological polar surface area (TPSA) is 18.5 Å². The van der Waals surface area contributed by atoms with Crippen molar-refractivity contribution in [2.45, 2.75) is 13.8 Å². The summed E-state index contributed by atoms with van der Waals surface area (Å²) in [6, 6.07) is 6.82. The molecule has 112 valence electrons. The van der Waals surface area contributed by atoms with Gasteiger partial charge in [0.1, 0.15) is 5.82 Å². The Morgan fingerprint density at radius 1 is 1.10 bits per heavy atom. The van der Waals surface area contributed by atoms with Crippen molar-refractivity contribution in [3.8, 4) is 0 Å². The average Bonchev–Trinajstić information content (AvgIpc) is 2.45. The minimum absolute atomic E-state index is 0.163. The lowest BCUT2D eigenvalue weighted by Gasteiger charge is -2.36. The fraction of sp³-hybridized carbons (Fsp3) is 0.625. The van der Waals surface area contributed by atoms with Crippen LogP contribution in [-0.2, 0) is 0 Å². The van der Waals surface area contributed by atoms with Crippen molar-refractivity contribution < 1.29 is 4.39 Å². The van der Waals surface area contributed by atoms with Crippen LogP contribution in [0.25, 0.3) is 0 Å². The number of nitrogens with zero attached hydrogens (tertiary/aromatic N) is 2. The fourth-order valence-corrected chi connectivity index (χ4v) is 2.51. The van der Waals surface area contributed by atoms with Gasteiger partial charge in [-0.25, -0.2) is 4.39 Å². The van der Waals surface area contributed by atoms with Crippen molar-refractivity contribution in [2.75, 3.05) is 50.7 Å². The molecule has 3 nitrogen and oxygen atoms in total. The Labute approximate surface area is 121 Å². The van der Waals surface area contributed by atoms with Crippen molar-refractivity contribution >= 4 is 5.69 Å². The van der Waals surface area contributed by atoms with Gasteiger partial charge < -0.3 is 10.2 Å². The molecule has 0 spiro atoms. The highest BCUT2D eigenvalue weighted by atomic mass is 19.1. The minimum atomic E-state index is -0.163. The summed E-state index contributed by atoms with van der Waals surface area (Å²) in [7, 11) is 0. The Morgan fingerprint density at radius 2 is 1.75 bits per heavy atom. The smallest absolute Gasteiger partial charge is 0.123 e. The molecule has 20 heavy (non-hydrogen) atoms. The first-order chi connectivity index (χ1) is 9.65. The lowest BCUT2D eigenvalue weighted by molar-refractivity contribution is 0.256. The summed E-state index contributed by atoms with van der Waals surface area (Å²) in [5.74, 6) is 0.550. The van der Waals surface area contributed by atoms with Crippen molar-refractivity contribution in [2.24, 2.45) is 5.92 Å². The molecule has 4 heteroatoms. The van der Waals surface area contributed by atoms with E-state index in [2.05, 4.69) is 29.0 Å². The highest BCUT2D eigenvalue weighted by molar-refractivity contribution is 5.46. The maximum atomic E-state index is 12.9. The van der Waals surface area contributed by atoms with Crippen molar-refractivity contribution in [1.29, 1.82) is 0 Å². The Kier molecular flexibility index (Phi) is 5.80. The van der Waals surface area contributed by atoms with Gasteiger partial charge in [-0.1, -0.05) is 13.8 Å². The third-order valence-corrected chi connectivity index (χ3v) is 3.72. The predicted molar refractivity (Wildman–Crippen MR) is 82.8 cm³/mol. The summed E-state index contributed by atoms with van der Waals surface area (Å²) < 4.78 is 12.9. The zero-order valence-electron chi connectivity index (χ0n) is 12.6. The molecule has 1 aromatic rings. The first-order valence-corrected chi connectivity index (χ1v) is 7.59. The highest BCUT2D eigenvalue weighted by Gasteiger charge is 2.16. The van der Waals surface area contributed by atoms with Crippen LogP contribution in [0.2, 0.25) is 0 Å². The molecular formula is C16H26FN3. The molecule has 1 aromatic carbocycles. The predicted octanol–water partition coefficient (Wildman–Crippen LogP) is 2.19. The van der Waals surface area contributed by atoms with Gasteiger partial charge in [-0.2, -0.15) is 0 Å². The molecule has 0 radical (unpaired) electrons. The maximum Gasteiger partial charge on any atom is 0.123 e. The summed E-state index contributed by atoms with van der Waals surface area (Å²) in [5, 5.41) is 3.48. The van der Waals surface area contributed by atoms with Crippen LogP contribution in [0.4, 0.5) is 10.1 Å². The molecule has 0 atom stereocenters. The summed E-state index contributed by atoms with van der Waals surface area (Å²) in [5.41, 5.74) is 1.13. The van der Waals surface area contributed by atoms with E-state index in [-0.39, 0.29) is 5.82 Å². The van der Waals surface area contributed by atoms with Crippen LogP contribution in [0.3, 0.4) is 0 Å². The van der Waals surface area contributed by atoms with Crippen LogP contribution >= 0.6 is 0 Å². The van der Waals surface area contributed by atoms with Gasteiger partial charge in [-0.15, -0.1) is 0 Å². The summed E-state index contributed by atoms with van der Waals surface area (Å²) >= 11 is 0. The van der Waals surface area contributed by atoms with Crippen LogP contribution in [0.5, 0.6) is 0 Å². The first kappa shape index (κ1) is 15.3. The lowest BCUT2D eigenvalue weighted by atomic mass is 10.2. The van der Waals surface area contributed by atoms with Crippen LogP contribution in [0.1, 0.15) is 13.8 Å². The Hall–Kier alpha value is -1.13. The van der Waals surface area contributed by atoms with Gasteiger partial charge >= 0.3 is 0 Å². The van der Waals surface area contributed by atoms with Gasteiger partial charge in [-0.05, 0) is 36.7 Å². The second-order valence-corrected chi connectivity index (χ2v) is 5.90. The standard InChI is InChI=1S/C16H26FN3/c1-14(2)13-18-7-8-19-9-11-20(12-10-19)16-5-3-15(17)4-6-16/h3-6,14,18H,7-13H2,1-2H3. The van der Waals surface area contributed by atoms with Crippen molar-refractivity contribution in [1.82, 2.24) is 10.2 Å². The fourth-order valence-electron chi connectivity index (χ4n) is 2.51. The quantitative estimate of drug-likeness (QED) is 0.805. The molecule has 0 bridgehead atoms. The molecule has 2 rings (SSSR count). The van der Waals surface area contributed by atoms with Gasteiger partial charge in [0.25, 0.3) is 0 Å². The van der Waals surface area contributed by atoms with E-state index in [1.165, 1.54) is 12.1 Å². The van der Waals surface area contributed by atoms with Crippen LogP contribution in [0, 0.1) is 11.7 Å². The van der Waals surface area contributed by atoms with E-state index < -0.39 is 0 Å². The number of hydrogen-bond acceptors (Lipinski definition) is 3. The monoisotopic (exact) mass is 279 g/mol. The molecule has 0 unspecified atom stereocenters. The van der Waals surface area contributed by atoms with E-state index in [1.807, 2.05) is 12.1 Å². The third-order valence-electron chi connectivity index (χ3n) is 3.72. The average molecular weight is 279 g/mol. The Morgan fingerprint density at radius 3 is 2.35 bits per heavy atom. The van der Waals surface area contributed by atoms with Gasteiger partial charge in [0.15, 0.2) is 0 Å². The molecule has 0 saturated carbocycles. The molecule has 1 aliphatic rings. The molecule has 0 aliphatic carbocycles.